The smallest absolute Gasteiger partial charge is 0.155 e. The van der Waals surface area contributed by atoms with Gasteiger partial charge in [-0.25, -0.2) is 0 Å². The first-order chi connectivity index (χ1) is 8.60. The molecule has 0 atom stereocenters. The van der Waals surface area contributed by atoms with E-state index < -0.39 is 0 Å². The van der Waals surface area contributed by atoms with Gasteiger partial charge in [-0.2, -0.15) is 0 Å². The molecule has 0 bridgehead atoms. The van der Waals surface area contributed by atoms with Crippen LogP contribution < -0.4 is 0 Å². The SMILES string of the molecule is C1=CCCCC1.CC.CC1(C)CC=CC(=O)CC1. The van der Waals surface area contributed by atoms with E-state index in [4.69, 9.17) is 0 Å². The van der Waals surface area contributed by atoms with E-state index in [-0.39, 0.29) is 5.78 Å². The molecular formula is C17H30O. The van der Waals surface area contributed by atoms with E-state index in [1.807, 2.05) is 19.9 Å². The molecule has 1 heteroatoms. The van der Waals surface area contributed by atoms with E-state index in [0.717, 1.165) is 19.3 Å². The van der Waals surface area contributed by atoms with Crippen molar-refractivity contribution in [2.45, 2.75) is 72.6 Å². The van der Waals surface area contributed by atoms with Gasteiger partial charge in [0, 0.05) is 6.42 Å². The van der Waals surface area contributed by atoms with Gasteiger partial charge in [-0.05, 0) is 50.0 Å². The third kappa shape index (κ3) is 9.21. The summed E-state index contributed by atoms with van der Waals surface area (Å²) >= 11 is 0. The molecule has 0 fully saturated rings. The summed E-state index contributed by atoms with van der Waals surface area (Å²) in [7, 11) is 0. The maximum absolute atomic E-state index is 10.9. The van der Waals surface area contributed by atoms with Crippen LogP contribution in [0.15, 0.2) is 24.3 Å². The van der Waals surface area contributed by atoms with E-state index in [0.29, 0.717) is 5.41 Å². The lowest BCUT2D eigenvalue weighted by atomic mass is 9.85. The summed E-state index contributed by atoms with van der Waals surface area (Å²) in [4.78, 5) is 10.9. The predicted octanol–water partition coefficient (Wildman–Crippen LogP) is 5.46. The highest BCUT2D eigenvalue weighted by Gasteiger charge is 2.19. The fourth-order valence-electron chi connectivity index (χ4n) is 1.92. The number of carbonyl (C=O) groups excluding carboxylic acids is 1. The Hall–Kier alpha value is -0.850. The van der Waals surface area contributed by atoms with Crippen LogP contribution in [0.3, 0.4) is 0 Å². The van der Waals surface area contributed by atoms with Crippen molar-refractivity contribution >= 4 is 5.78 Å². The van der Waals surface area contributed by atoms with Gasteiger partial charge in [0.1, 0.15) is 0 Å². The quantitative estimate of drug-likeness (QED) is 0.521. The summed E-state index contributed by atoms with van der Waals surface area (Å²) in [5, 5.41) is 0. The van der Waals surface area contributed by atoms with Gasteiger partial charge < -0.3 is 0 Å². The molecule has 0 saturated carbocycles. The summed E-state index contributed by atoms with van der Waals surface area (Å²) in [6.07, 6.45) is 16.5. The van der Waals surface area contributed by atoms with Gasteiger partial charge in [-0.15, -0.1) is 0 Å². The van der Waals surface area contributed by atoms with Gasteiger partial charge in [-0.1, -0.05) is 45.9 Å². The lowest BCUT2D eigenvalue weighted by Gasteiger charge is -2.19. The van der Waals surface area contributed by atoms with E-state index in [9.17, 15) is 4.79 Å². The average Bonchev–Trinajstić information content (AvgIpc) is 2.56. The van der Waals surface area contributed by atoms with Crippen molar-refractivity contribution in [3.8, 4) is 0 Å². The molecule has 0 saturated heterocycles. The molecule has 2 aliphatic carbocycles. The summed E-state index contributed by atoms with van der Waals surface area (Å²) in [6.45, 7) is 8.41. The van der Waals surface area contributed by atoms with Gasteiger partial charge >= 0.3 is 0 Å². The van der Waals surface area contributed by atoms with Crippen LogP contribution in [0.5, 0.6) is 0 Å². The number of ketones is 1. The zero-order valence-electron chi connectivity index (χ0n) is 12.7. The molecule has 0 aromatic carbocycles. The standard InChI is InChI=1S/C9H14O.C6H10.C2H6/c1-9(2)6-3-4-8(10)5-7-9;1-2-4-6-5-3-1;1-2/h3-4H,5-7H2,1-2H3;1-2H,3-6H2;1-2H3. The van der Waals surface area contributed by atoms with Crippen molar-refractivity contribution in [3.05, 3.63) is 24.3 Å². The van der Waals surface area contributed by atoms with Crippen molar-refractivity contribution in [2.24, 2.45) is 5.41 Å². The monoisotopic (exact) mass is 250 g/mol. The lowest BCUT2D eigenvalue weighted by molar-refractivity contribution is -0.114. The van der Waals surface area contributed by atoms with E-state index in [1.165, 1.54) is 25.7 Å². The number of hydrogen-bond donors (Lipinski definition) is 0. The summed E-state index contributed by atoms with van der Waals surface area (Å²) in [5.74, 6) is 0.283. The first-order valence-electron chi connectivity index (χ1n) is 7.44. The molecular weight excluding hydrogens is 220 g/mol. The van der Waals surface area contributed by atoms with Gasteiger partial charge in [0.05, 0.1) is 0 Å². The Labute approximate surface area is 113 Å². The Balaban J connectivity index is 0.000000308. The molecule has 0 aliphatic heterocycles. The van der Waals surface area contributed by atoms with Gasteiger partial charge in [0.25, 0.3) is 0 Å². The molecule has 0 N–H and O–H groups in total. The second-order valence-electron chi connectivity index (χ2n) is 5.49. The summed E-state index contributed by atoms with van der Waals surface area (Å²) in [6, 6.07) is 0. The topological polar surface area (TPSA) is 17.1 Å². The predicted molar refractivity (Wildman–Crippen MR) is 80.7 cm³/mol. The van der Waals surface area contributed by atoms with Crippen LogP contribution in [0.1, 0.15) is 72.6 Å². The molecule has 18 heavy (non-hydrogen) atoms. The van der Waals surface area contributed by atoms with Gasteiger partial charge in [-0.3, -0.25) is 4.79 Å². The Bertz CT molecular complexity index is 263. The molecule has 0 aromatic rings. The molecule has 0 spiro atoms. The Morgan fingerprint density at radius 1 is 1.00 bits per heavy atom. The third-order valence-corrected chi connectivity index (χ3v) is 3.18. The van der Waals surface area contributed by atoms with Crippen LogP contribution in [-0.4, -0.2) is 5.78 Å². The van der Waals surface area contributed by atoms with Crippen molar-refractivity contribution in [1.29, 1.82) is 0 Å². The zero-order valence-corrected chi connectivity index (χ0v) is 12.7. The Morgan fingerprint density at radius 3 is 2.00 bits per heavy atom. The summed E-state index contributed by atoms with van der Waals surface area (Å²) < 4.78 is 0. The Kier molecular flexibility index (Phi) is 9.63. The fraction of sp³-hybridized carbons (Fsp3) is 0.706. The van der Waals surface area contributed by atoms with Crippen molar-refractivity contribution < 1.29 is 4.79 Å². The number of hydrogen-bond acceptors (Lipinski definition) is 1. The van der Waals surface area contributed by atoms with Crippen LogP contribution in [0.2, 0.25) is 0 Å². The maximum Gasteiger partial charge on any atom is 0.155 e. The van der Waals surface area contributed by atoms with E-state index in [2.05, 4.69) is 26.0 Å². The molecule has 0 radical (unpaired) electrons. The highest BCUT2D eigenvalue weighted by Crippen LogP contribution is 2.29. The first kappa shape index (κ1) is 17.2. The molecule has 1 nitrogen and oxygen atoms in total. The van der Waals surface area contributed by atoms with Crippen LogP contribution in [0.25, 0.3) is 0 Å². The average molecular weight is 250 g/mol. The normalized spacial score (nSPS) is 21.0. The Morgan fingerprint density at radius 2 is 1.56 bits per heavy atom. The summed E-state index contributed by atoms with van der Waals surface area (Å²) in [5.41, 5.74) is 0.336. The lowest BCUT2D eigenvalue weighted by Crippen LogP contribution is -2.09. The van der Waals surface area contributed by atoms with Gasteiger partial charge in [0.15, 0.2) is 5.78 Å². The van der Waals surface area contributed by atoms with Crippen molar-refractivity contribution in [1.82, 2.24) is 0 Å². The highest BCUT2D eigenvalue weighted by atomic mass is 16.1. The molecule has 104 valence electrons. The second-order valence-corrected chi connectivity index (χ2v) is 5.49. The molecule has 2 aliphatic rings. The maximum atomic E-state index is 10.9. The molecule has 0 unspecified atom stereocenters. The zero-order chi connectivity index (χ0) is 13.9. The fourth-order valence-corrected chi connectivity index (χ4v) is 1.92. The van der Waals surface area contributed by atoms with Crippen molar-refractivity contribution in [2.75, 3.05) is 0 Å². The number of rotatable bonds is 0. The van der Waals surface area contributed by atoms with Crippen LogP contribution in [0.4, 0.5) is 0 Å². The van der Waals surface area contributed by atoms with Crippen LogP contribution >= 0.6 is 0 Å². The molecule has 0 amide bonds. The minimum absolute atomic E-state index is 0.283. The minimum Gasteiger partial charge on any atom is -0.295 e. The third-order valence-electron chi connectivity index (χ3n) is 3.18. The highest BCUT2D eigenvalue weighted by molar-refractivity contribution is 5.89. The second kappa shape index (κ2) is 10.1. The molecule has 0 aromatic heterocycles. The number of allylic oxidation sites excluding steroid dienone is 4. The van der Waals surface area contributed by atoms with Crippen LogP contribution in [-0.2, 0) is 4.79 Å². The van der Waals surface area contributed by atoms with E-state index in [1.54, 1.807) is 6.08 Å². The van der Waals surface area contributed by atoms with Crippen molar-refractivity contribution in [3.63, 3.8) is 0 Å². The van der Waals surface area contributed by atoms with E-state index >= 15 is 0 Å². The molecule has 0 heterocycles. The number of carbonyl (C=O) groups is 1. The molecule has 2 rings (SSSR count). The first-order valence-corrected chi connectivity index (χ1v) is 7.44. The van der Waals surface area contributed by atoms with Crippen LogP contribution in [0, 0.1) is 5.41 Å². The largest absolute Gasteiger partial charge is 0.295 e. The minimum atomic E-state index is 0.283. The van der Waals surface area contributed by atoms with Gasteiger partial charge in [0.2, 0.25) is 0 Å².